The number of carbonyl (C=O) groups excluding carboxylic acids is 6. The van der Waals surface area contributed by atoms with Crippen LogP contribution in [0.5, 0.6) is 0 Å². The van der Waals surface area contributed by atoms with Crippen LogP contribution in [-0.4, -0.2) is 125 Å². The third-order valence-corrected chi connectivity index (χ3v) is 13.3. The summed E-state index contributed by atoms with van der Waals surface area (Å²) in [6.45, 7) is 18.6. The number of amides is 6. The average molecular weight is 1080 g/mol. The molecular formula is C57H65N7O9Y-2. The van der Waals surface area contributed by atoms with Crippen molar-refractivity contribution in [3.63, 3.8) is 0 Å². The Bertz CT molecular complexity index is 2840. The molecule has 4 aromatic carbocycles. The molecule has 17 heteroatoms. The van der Waals surface area contributed by atoms with Gasteiger partial charge in [0.1, 0.15) is 11.7 Å². The van der Waals surface area contributed by atoms with Gasteiger partial charge in [-0.2, -0.15) is 0 Å². The molecule has 1 atom stereocenters. The van der Waals surface area contributed by atoms with E-state index >= 15 is 0 Å². The van der Waals surface area contributed by atoms with Crippen molar-refractivity contribution >= 4 is 41.1 Å². The number of aryl methyl sites for hydroxylation is 1. The Morgan fingerprint density at radius 2 is 1.51 bits per heavy atom. The number of anilines is 1. The van der Waals surface area contributed by atoms with Crippen LogP contribution in [0.15, 0.2) is 95.9 Å². The Balaban J connectivity index is 0.000000370. The Morgan fingerprint density at radius 3 is 2.19 bits per heavy atom. The van der Waals surface area contributed by atoms with Gasteiger partial charge in [0.15, 0.2) is 5.91 Å². The topological polar surface area (TPSA) is 190 Å². The van der Waals surface area contributed by atoms with Gasteiger partial charge in [0.05, 0.1) is 18.9 Å². The first-order valence-corrected chi connectivity index (χ1v) is 24.9. The van der Waals surface area contributed by atoms with Crippen LogP contribution in [0.4, 0.5) is 5.69 Å². The molecule has 0 spiro atoms. The van der Waals surface area contributed by atoms with Gasteiger partial charge in [-0.25, -0.2) is 4.98 Å². The van der Waals surface area contributed by atoms with Crippen molar-refractivity contribution in [1.29, 1.82) is 0 Å². The SMILES string of the molecule is O=C1CCC(N2C(=O)c3[c-]cccc3C2=O)C(=O)N1.[CH2-]COCCOCCCCCN1CCN(C(=O)c2ccc(Cc3nc(-c4cccc(NC(=O)c5ccc(C(C)(C)C)cc5)c4C)cn(C)c3=O)cc2)CC1.[Y]. The van der Waals surface area contributed by atoms with E-state index in [-0.39, 0.29) is 85.4 Å². The third-order valence-electron chi connectivity index (χ3n) is 13.3. The minimum Gasteiger partial charge on any atom is -0.411 e. The number of rotatable bonds is 17. The second-order valence-corrected chi connectivity index (χ2v) is 19.4. The van der Waals surface area contributed by atoms with Crippen molar-refractivity contribution in [1.82, 2.24) is 29.6 Å². The van der Waals surface area contributed by atoms with Crippen LogP contribution in [0.1, 0.15) is 117 Å². The molecule has 1 aromatic heterocycles. The summed E-state index contributed by atoms with van der Waals surface area (Å²) in [5.74, 6) is -2.19. The van der Waals surface area contributed by atoms with Crippen LogP contribution >= 0.6 is 0 Å². The number of fused-ring (bicyclic) bond motifs is 1. The Labute approximate surface area is 458 Å². The number of ether oxygens (including phenoxy) is 2. The number of benzene rings is 4. The minimum atomic E-state index is -0.918. The van der Waals surface area contributed by atoms with E-state index in [1.54, 1.807) is 23.9 Å². The van der Waals surface area contributed by atoms with E-state index in [9.17, 15) is 33.6 Å². The van der Waals surface area contributed by atoms with E-state index in [0.29, 0.717) is 67.5 Å². The molecule has 8 rings (SSSR count). The van der Waals surface area contributed by atoms with Crippen LogP contribution in [0.25, 0.3) is 11.3 Å². The maximum Gasteiger partial charge on any atom is 0.272 e. The van der Waals surface area contributed by atoms with Crippen LogP contribution < -0.4 is 16.2 Å². The molecule has 5 aromatic rings. The zero-order valence-corrected chi connectivity index (χ0v) is 45.9. The van der Waals surface area contributed by atoms with E-state index in [1.807, 2.05) is 78.6 Å². The van der Waals surface area contributed by atoms with E-state index < -0.39 is 23.8 Å². The summed E-state index contributed by atoms with van der Waals surface area (Å²) in [6, 6.07) is 27.4. The molecule has 74 heavy (non-hydrogen) atoms. The van der Waals surface area contributed by atoms with E-state index in [0.717, 1.165) is 72.7 Å². The van der Waals surface area contributed by atoms with Gasteiger partial charge in [0.2, 0.25) is 17.7 Å². The molecule has 387 valence electrons. The molecule has 0 saturated carbocycles. The quantitative estimate of drug-likeness (QED) is 0.0582. The summed E-state index contributed by atoms with van der Waals surface area (Å²) >= 11 is 0. The first-order valence-electron chi connectivity index (χ1n) is 24.9. The zero-order chi connectivity index (χ0) is 52.2. The summed E-state index contributed by atoms with van der Waals surface area (Å²) in [5.41, 5.74) is 6.93. The van der Waals surface area contributed by atoms with Gasteiger partial charge >= 0.3 is 0 Å². The fourth-order valence-corrected chi connectivity index (χ4v) is 8.98. The number of aromatic nitrogens is 2. The normalized spacial score (nSPS) is 15.7. The molecule has 6 amide bonds. The number of piperazine rings is 1. The van der Waals surface area contributed by atoms with Crippen LogP contribution in [-0.2, 0) is 70.7 Å². The van der Waals surface area contributed by atoms with Crippen molar-refractivity contribution in [2.45, 2.75) is 77.7 Å². The Morgan fingerprint density at radius 1 is 0.824 bits per heavy atom. The maximum absolute atomic E-state index is 13.3. The first kappa shape index (κ1) is 57.2. The molecule has 1 unspecified atom stereocenters. The molecule has 0 aliphatic carbocycles. The summed E-state index contributed by atoms with van der Waals surface area (Å²) in [6.07, 6.45) is 5.61. The number of piperidine rings is 1. The second-order valence-electron chi connectivity index (χ2n) is 19.4. The Hall–Kier alpha value is -6.04. The number of nitrogens with zero attached hydrogens (tertiary/aromatic N) is 5. The number of unbranched alkanes of at least 4 members (excludes halogenated alkanes) is 2. The standard InChI is InChI=1S/C44H56N5O5.C13H9N2O4.Y/c1-7-53-28-29-54-27-10-8-9-22-48-23-25-49(26-24-48)42(51)35-16-14-33(15-17-35)30-39-43(52)47(6)31-40(45-39)37-12-11-13-38(32(37)2)46-41(50)34-18-20-36(21-19-34)44(3,4)5;16-10-6-5-9(11(17)14-10)15-12(18)7-3-1-2-4-8(7)13(15)19;/h11-21,31H,1,7-10,22-30H2,2-6H3,(H,46,50);1-3,9H,5-6H2,(H,14,16,17);/q2*-1;. The largest absolute Gasteiger partial charge is 0.411 e. The number of carbonyl (C=O) groups is 6. The fourth-order valence-electron chi connectivity index (χ4n) is 8.98. The van der Waals surface area contributed by atoms with Crippen molar-refractivity contribution < 1.29 is 71.0 Å². The van der Waals surface area contributed by atoms with Gasteiger partial charge in [-0.1, -0.05) is 69.3 Å². The van der Waals surface area contributed by atoms with E-state index in [2.05, 4.69) is 49.3 Å². The van der Waals surface area contributed by atoms with Crippen molar-refractivity contribution in [2.75, 3.05) is 64.5 Å². The van der Waals surface area contributed by atoms with E-state index in [1.165, 1.54) is 12.1 Å². The summed E-state index contributed by atoms with van der Waals surface area (Å²) < 4.78 is 12.3. The van der Waals surface area contributed by atoms with Crippen molar-refractivity contribution in [3.05, 3.63) is 159 Å². The molecule has 2 fully saturated rings. The predicted molar refractivity (Wildman–Crippen MR) is 277 cm³/mol. The van der Waals surface area contributed by atoms with Gasteiger partial charge in [-0.15, -0.1) is 24.3 Å². The van der Waals surface area contributed by atoms with Gasteiger partial charge in [0, 0.05) is 114 Å². The molecular weight excluding hydrogens is 1020 g/mol. The van der Waals surface area contributed by atoms with Gasteiger partial charge in [-0.05, 0) is 97.2 Å². The average Bonchev–Trinajstić information content (AvgIpc) is 3.63. The number of imide groups is 2. The number of hydrogen-bond acceptors (Lipinski definition) is 11. The summed E-state index contributed by atoms with van der Waals surface area (Å²) in [7, 11) is 1.72. The molecule has 3 aliphatic heterocycles. The predicted octanol–water partition coefficient (Wildman–Crippen LogP) is 6.58. The molecule has 16 nitrogen and oxygen atoms in total. The van der Waals surface area contributed by atoms with E-state index in [4.69, 9.17) is 14.5 Å². The smallest absolute Gasteiger partial charge is 0.272 e. The molecule has 0 bridgehead atoms. The fraction of sp³-hybridized carbons (Fsp3) is 0.386. The van der Waals surface area contributed by atoms with Crippen LogP contribution in [0, 0.1) is 19.9 Å². The van der Waals surface area contributed by atoms with Gasteiger partial charge < -0.3 is 40.9 Å². The molecule has 3 aliphatic rings. The number of nitrogens with one attached hydrogen (secondary N) is 2. The Kier molecular flexibility index (Phi) is 20.5. The summed E-state index contributed by atoms with van der Waals surface area (Å²) in [4.78, 5) is 97.0. The molecule has 1 radical (unpaired) electrons. The van der Waals surface area contributed by atoms with Crippen LogP contribution in [0.2, 0.25) is 0 Å². The minimum absolute atomic E-state index is 0. The third kappa shape index (κ3) is 14.4. The van der Waals surface area contributed by atoms with Crippen LogP contribution in [0.3, 0.4) is 0 Å². The zero-order valence-electron chi connectivity index (χ0n) is 43.0. The first-order chi connectivity index (χ1) is 35.0. The van der Waals surface area contributed by atoms with Gasteiger partial charge in [-0.3, -0.25) is 39.0 Å². The monoisotopic (exact) mass is 1080 g/mol. The molecule has 2 saturated heterocycles. The molecule has 4 heterocycles. The molecule has 2 N–H and O–H groups in total. The maximum atomic E-state index is 13.3. The van der Waals surface area contributed by atoms with Gasteiger partial charge in [0.25, 0.3) is 17.4 Å². The number of hydrogen-bond donors (Lipinski definition) is 2. The van der Waals surface area contributed by atoms with Crippen molar-refractivity contribution in [3.8, 4) is 11.3 Å². The second kappa shape index (κ2) is 26.4. The summed E-state index contributed by atoms with van der Waals surface area (Å²) in [5, 5.41) is 5.20. The van der Waals surface area contributed by atoms with Crippen molar-refractivity contribution in [2.24, 2.45) is 7.05 Å².